The molecule has 0 spiro atoms. The van der Waals surface area contributed by atoms with Crippen LogP contribution in [-0.2, 0) is 0 Å². The summed E-state index contributed by atoms with van der Waals surface area (Å²) < 4.78 is 16.6. The Hall–Kier alpha value is -4.27. The van der Waals surface area contributed by atoms with E-state index < -0.39 is 0 Å². The Morgan fingerprint density at radius 2 is 1.94 bits per heavy atom. The fourth-order valence-corrected chi connectivity index (χ4v) is 3.80. The van der Waals surface area contributed by atoms with Gasteiger partial charge < -0.3 is 24.8 Å². The molecular weight excluding hydrogens is 424 g/mol. The molecule has 0 aliphatic carbocycles. The number of carbonyl (C=O) groups is 2. The summed E-state index contributed by atoms with van der Waals surface area (Å²) in [5.41, 5.74) is 2.46. The predicted molar refractivity (Wildman–Crippen MR) is 122 cm³/mol. The number of fused-ring (bicyclic) bond motifs is 1. The van der Waals surface area contributed by atoms with Crippen molar-refractivity contribution in [2.24, 2.45) is 0 Å². The van der Waals surface area contributed by atoms with E-state index in [1.54, 1.807) is 29.2 Å². The molecule has 3 aromatic rings. The van der Waals surface area contributed by atoms with Gasteiger partial charge in [-0.1, -0.05) is 6.07 Å². The van der Waals surface area contributed by atoms with Gasteiger partial charge in [0.15, 0.2) is 11.5 Å². The molecule has 2 aliphatic rings. The van der Waals surface area contributed by atoms with Crippen molar-refractivity contribution in [1.82, 2.24) is 10.3 Å². The third kappa shape index (κ3) is 4.12. The highest BCUT2D eigenvalue weighted by Crippen LogP contribution is 2.34. The minimum Gasteiger partial charge on any atom is -0.495 e. The van der Waals surface area contributed by atoms with Crippen LogP contribution in [0, 0.1) is 0 Å². The number of nitrogens with zero attached hydrogens (tertiary/aromatic N) is 2. The molecule has 9 heteroatoms. The maximum absolute atomic E-state index is 13.0. The lowest BCUT2D eigenvalue weighted by Crippen LogP contribution is -2.28. The van der Waals surface area contributed by atoms with E-state index >= 15 is 0 Å². The molecule has 1 fully saturated rings. The molecule has 0 bridgehead atoms. The summed E-state index contributed by atoms with van der Waals surface area (Å²) in [5.74, 6) is 1.96. The van der Waals surface area contributed by atoms with Crippen molar-refractivity contribution in [1.29, 1.82) is 0 Å². The van der Waals surface area contributed by atoms with Crippen molar-refractivity contribution in [3.63, 3.8) is 0 Å². The van der Waals surface area contributed by atoms with Gasteiger partial charge in [0.1, 0.15) is 24.8 Å². The van der Waals surface area contributed by atoms with Crippen molar-refractivity contribution in [2.75, 3.05) is 43.6 Å². The average Bonchev–Trinajstić information content (AvgIpc) is 3.29. The maximum atomic E-state index is 13.0. The van der Waals surface area contributed by atoms with Crippen LogP contribution < -0.4 is 29.7 Å². The minimum atomic E-state index is -0.342. The number of urea groups is 1. The van der Waals surface area contributed by atoms with Crippen molar-refractivity contribution in [3.05, 3.63) is 60.2 Å². The maximum Gasteiger partial charge on any atom is 0.322 e. The fraction of sp³-hybridized carbons (Fsp3) is 0.208. The number of nitrogens with one attached hydrogen (secondary N) is 2. The number of hydrogen-bond acceptors (Lipinski definition) is 6. The van der Waals surface area contributed by atoms with Crippen LogP contribution in [0.25, 0.3) is 11.3 Å². The second-order valence-electron chi connectivity index (χ2n) is 7.49. The molecule has 5 rings (SSSR count). The first-order chi connectivity index (χ1) is 16.1. The van der Waals surface area contributed by atoms with Gasteiger partial charge in [-0.15, -0.1) is 0 Å². The molecule has 33 heavy (non-hydrogen) atoms. The zero-order chi connectivity index (χ0) is 22.8. The van der Waals surface area contributed by atoms with E-state index in [4.69, 9.17) is 14.2 Å². The summed E-state index contributed by atoms with van der Waals surface area (Å²) in [4.78, 5) is 31.2. The molecule has 3 heterocycles. The molecule has 0 unspecified atom stereocenters. The highest BCUT2D eigenvalue weighted by atomic mass is 16.6. The molecule has 1 aromatic heterocycles. The molecule has 2 aliphatic heterocycles. The van der Waals surface area contributed by atoms with Crippen LogP contribution in [0.5, 0.6) is 17.2 Å². The van der Waals surface area contributed by atoms with Crippen LogP contribution in [0.1, 0.15) is 10.4 Å². The molecule has 0 saturated carbocycles. The van der Waals surface area contributed by atoms with Gasteiger partial charge in [0.05, 0.1) is 18.5 Å². The molecule has 1 saturated heterocycles. The first-order valence-electron chi connectivity index (χ1n) is 10.5. The number of anilines is 2. The quantitative estimate of drug-likeness (QED) is 0.624. The second-order valence-corrected chi connectivity index (χ2v) is 7.49. The zero-order valence-corrected chi connectivity index (χ0v) is 18.0. The normalized spacial score (nSPS) is 14.6. The number of methoxy groups -OCH3 is 1. The summed E-state index contributed by atoms with van der Waals surface area (Å²) >= 11 is 0. The lowest BCUT2D eigenvalue weighted by molar-refractivity contribution is 0.102. The SMILES string of the molecule is COc1ccc(C(=O)Nc2cccc(-c3ccc4c(c3)OCCO4)n2)cc1N1CCNC1=O. The van der Waals surface area contributed by atoms with Crippen LogP contribution in [0.2, 0.25) is 0 Å². The summed E-state index contributed by atoms with van der Waals surface area (Å²) in [6.07, 6.45) is 0. The van der Waals surface area contributed by atoms with E-state index in [0.29, 0.717) is 66.3 Å². The third-order valence-electron chi connectivity index (χ3n) is 5.42. The summed E-state index contributed by atoms with van der Waals surface area (Å²) in [6.45, 7) is 2.07. The van der Waals surface area contributed by atoms with E-state index in [0.717, 1.165) is 5.56 Å². The Morgan fingerprint density at radius 1 is 1.09 bits per heavy atom. The van der Waals surface area contributed by atoms with E-state index in [2.05, 4.69) is 15.6 Å². The monoisotopic (exact) mass is 446 g/mol. The fourth-order valence-electron chi connectivity index (χ4n) is 3.80. The third-order valence-corrected chi connectivity index (χ3v) is 5.42. The van der Waals surface area contributed by atoms with Crippen molar-refractivity contribution < 1.29 is 23.8 Å². The molecule has 168 valence electrons. The van der Waals surface area contributed by atoms with E-state index in [9.17, 15) is 9.59 Å². The van der Waals surface area contributed by atoms with Crippen LogP contribution >= 0.6 is 0 Å². The Bertz CT molecular complexity index is 1230. The van der Waals surface area contributed by atoms with E-state index in [1.165, 1.54) is 7.11 Å². The topological polar surface area (TPSA) is 102 Å². The number of hydrogen-bond donors (Lipinski definition) is 2. The molecule has 2 aromatic carbocycles. The number of aromatic nitrogens is 1. The molecule has 9 nitrogen and oxygen atoms in total. The Kier molecular flexibility index (Phi) is 5.43. The van der Waals surface area contributed by atoms with Crippen LogP contribution in [0.15, 0.2) is 54.6 Å². The molecule has 0 atom stereocenters. The number of benzene rings is 2. The van der Waals surface area contributed by atoms with Crippen molar-refractivity contribution in [2.45, 2.75) is 0 Å². The highest BCUT2D eigenvalue weighted by molar-refractivity contribution is 6.06. The van der Waals surface area contributed by atoms with Crippen LogP contribution in [0.3, 0.4) is 0 Å². The van der Waals surface area contributed by atoms with Crippen molar-refractivity contribution in [3.8, 4) is 28.5 Å². The number of amides is 3. The molecular formula is C24H22N4O5. The largest absolute Gasteiger partial charge is 0.495 e. The number of pyridine rings is 1. The van der Waals surface area contributed by atoms with Gasteiger partial charge in [-0.2, -0.15) is 0 Å². The summed E-state index contributed by atoms with van der Waals surface area (Å²) in [7, 11) is 1.53. The lowest BCUT2D eigenvalue weighted by Gasteiger charge is -2.19. The highest BCUT2D eigenvalue weighted by Gasteiger charge is 2.25. The smallest absolute Gasteiger partial charge is 0.322 e. The van der Waals surface area contributed by atoms with Gasteiger partial charge in [0.25, 0.3) is 5.91 Å². The Labute approximate surface area is 190 Å². The van der Waals surface area contributed by atoms with E-state index in [1.807, 2.05) is 30.3 Å². The number of ether oxygens (including phenoxy) is 3. The van der Waals surface area contributed by atoms with Gasteiger partial charge in [-0.3, -0.25) is 9.69 Å². The zero-order valence-electron chi connectivity index (χ0n) is 18.0. The number of carbonyl (C=O) groups excluding carboxylic acids is 2. The minimum absolute atomic E-state index is 0.223. The van der Waals surface area contributed by atoms with Gasteiger partial charge >= 0.3 is 6.03 Å². The standard InChI is InChI=1S/C24H22N4O5/c1-31-19-7-6-16(13-18(19)28-10-9-25-24(28)30)23(29)27-22-4-2-3-17(26-22)15-5-8-20-21(14-15)33-12-11-32-20/h2-8,13-14H,9-12H2,1H3,(H,25,30)(H,26,27,29). The second kappa shape index (κ2) is 8.70. The molecule has 2 N–H and O–H groups in total. The Morgan fingerprint density at radius 3 is 2.73 bits per heavy atom. The average molecular weight is 446 g/mol. The van der Waals surface area contributed by atoms with Gasteiger partial charge in [0.2, 0.25) is 0 Å². The number of rotatable bonds is 5. The van der Waals surface area contributed by atoms with Gasteiger partial charge in [-0.25, -0.2) is 9.78 Å². The Balaban J connectivity index is 1.38. The molecule has 3 amide bonds. The van der Waals surface area contributed by atoms with E-state index in [-0.39, 0.29) is 11.9 Å². The first-order valence-corrected chi connectivity index (χ1v) is 10.5. The molecule has 0 radical (unpaired) electrons. The van der Waals surface area contributed by atoms with Crippen LogP contribution in [0.4, 0.5) is 16.3 Å². The van der Waals surface area contributed by atoms with Crippen LogP contribution in [-0.4, -0.2) is 50.3 Å². The van der Waals surface area contributed by atoms with Gasteiger partial charge in [-0.05, 0) is 48.5 Å². The lowest BCUT2D eigenvalue weighted by atomic mass is 10.1. The first kappa shape index (κ1) is 20.6. The van der Waals surface area contributed by atoms with Crippen molar-refractivity contribution >= 4 is 23.4 Å². The summed E-state index contributed by atoms with van der Waals surface area (Å²) in [5, 5.41) is 5.58. The van der Waals surface area contributed by atoms with Gasteiger partial charge in [0, 0.05) is 24.2 Å². The summed E-state index contributed by atoms with van der Waals surface area (Å²) in [6, 6.07) is 15.8. The predicted octanol–water partition coefficient (Wildman–Crippen LogP) is 3.31.